The lowest BCUT2D eigenvalue weighted by Gasteiger charge is -2.08. The summed E-state index contributed by atoms with van der Waals surface area (Å²) in [6.07, 6.45) is 1.37. The second-order valence-corrected chi connectivity index (χ2v) is 7.24. The molecule has 4 rings (SSSR count). The van der Waals surface area contributed by atoms with Crippen molar-refractivity contribution in [1.29, 1.82) is 0 Å². The van der Waals surface area contributed by atoms with E-state index in [-0.39, 0.29) is 11.4 Å². The van der Waals surface area contributed by atoms with Crippen LogP contribution < -0.4 is 10.2 Å². The number of para-hydroxylation sites is 1. The fourth-order valence-corrected chi connectivity index (χ4v) is 3.09. The number of aromatic amines is 1. The van der Waals surface area contributed by atoms with Gasteiger partial charge in [-0.15, -0.1) is 0 Å². The molecule has 0 bridgehead atoms. The number of amides is 1. The number of phenolic OH excluding ortho intramolecular Hbond substituents is 1. The number of ether oxygens (including phenoxy) is 1. The maximum atomic E-state index is 12.3. The molecule has 0 radical (unpaired) electrons. The average Bonchev–Trinajstić information content (AvgIpc) is 3.31. The molecule has 4 aromatic rings. The maximum absolute atomic E-state index is 12.3. The maximum Gasteiger partial charge on any atom is 0.289 e. The number of phenols is 1. The lowest BCUT2D eigenvalue weighted by molar-refractivity contribution is 0.0950. The van der Waals surface area contributed by atoms with Crippen molar-refractivity contribution >= 4 is 23.7 Å². The van der Waals surface area contributed by atoms with Crippen LogP contribution in [0.15, 0.2) is 84.0 Å². The van der Waals surface area contributed by atoms with Crippen molar-refractivity contribution in [1.82, 2.24) is 15.6 Å². The molecule has 7 nitrogen and oxygen atoms in total. The Kier molecular flexibility index (Phi) is 6.48. The largest absolute Gasteiger partial charge is 0.507 e. The second kappa shape index (κ2) is 9.80. The molecule has 8 heteroatoms. The van der Waals surface area contributed by atoms with Crippen LogP contribution in [-0.2, 0) is 6.61 Å². The highest BCUT2D eigenvalue weighted by Gasteiger charge is 2.11. The van der Waals surface area contributed by atoms with Gasteiger partial charge in [0.25, 0.3) is 5.91 Å². The molecule has 3 aromatic carbocycles. The van der Waals surface area contributed by atoms with Gasteiger partial charge in [-0.25, -0.2) is 5.43 Å². The Morgan fingerprint density at radius 1 is 1.09 bits per heavy atom. The van der Waals surface area contributed by atoms with Gasteiger partial charge in [0.05, 0.1) is 11.9 Å². The number of aromatic nitrogens is 2. The summed E-state index contributed by atoms with van der Waals surface area (Å²) in [6.45, 7) is 0.368. The Morgan fingerprint density at radius 2 is 1.84 bits per heavy atom. The zero-order valence-electron chi connectivity index (χ0n) is 16.8. The van der Waals surface area contributed by atoms with Gasteiger partial charge in [-0.2, -0.15) is 10.2 Å². The third-order valence-corrected chi connectivity index (χ3v) is 5.00. The van der Waals surface area contributed by atoms with Crippen molar-refractivity contribution in [3.63, 3.8) is 0 Å². The van der Waals surface area contributed by atoms with E-state index in [9.17, 15) is 9.90 Å². The Morgan fingerprint density at radius 3 is 2.62 bits per heavy atom. The molecule has 3 N–H and O–H groups in total. The van der Waals surface area contributed by atoms with Gasteiger partial charge in [-0.05, 0) is 48.5 Å². The Bertz CT molecular complexity index is 1250. The minimum Gasteiger partial charge on any atom is -0.507 e. The van der Waals surface area contributed by atoms with Crippen molar-refractivity contribution in [2.24, 2.45) is 5.10 Å². The number of H-pyrrole nitrogens is 1. The smallest absolute Gasteiger partial charge is 0.289 e. The van der Waals surface area contributed by atoms with Crippen molar-refractivity contribution in [3.05, 3.63) is 101 Å². The van der Waals surface area contributed by atoms with Crippen LogP contribution in [-0.4, -0.2) is 27.4 Å². The van der Waals surface area contributed by atoms with Gasteiger partial charge in [0.15, 0.2) is 0 Å². The van der Waals surface area contributed by atoms with Gasteiger partial charge in [0.2, 0.25) is 0 Å². The lowest BCUT2D eigenvalue weighted by atomic mass is 10.1. The molecule has 0 aliphatic heterocycles. The van der Waals surface area contributed by atoms with Crippen molar-refractivity contribution < 1.29 is 14.6 Å². The van der Waals surface area contributed by atoms with E-state index in [0.29, 0.717) is 28.6 Å². The summed E-state index contributed by atoms with van der Waals surface area (Å²) >= 11 is 6.15. The van der Waals surface area contributed by atoms with E-state index in [4.69, 9.17) is 16.3 Å². The normalized spacial score (nSPS) is 10.9. The van der Waals surface area contributed by atoms with E-state index in [0.717, 1.165) is 11.1 Å². The third-order valence-electron chi connectivity index (χ3n) is 4.63. The van der Waals surface area contributed by atoms with Gasteiger partial charge in [-0.3, -0.25) is 9.89 Å². The molecule has 1 amide bonds. The summed E-state index contributed by atoms with van der Waals surface area (Å²) in [5.74, 6) is 0.324. The predicted octanol–water partition coefficient (Wildman–Crippen LogP) is 4.78. The number of nitrogens with zero attached hydrogens (tertiary/aromatic N) is 2. The number of carbonyl (C=O) groups is 1. The van der Waals surface area contributed by atoms with Crippen LogP contribution in [0.3, 0.4) is 0 Å². The third kappa shape index (κ3) is 5.14. The summed E-state index contributed by atoms with van der Waals surface area (Å²) in [5.41, 5.74) is 5.50. The van der Waals surface area contributed by atoms with Gasteiger partial charge in [0, 0.05) is 21.7 Å². The van der Waals surface area contributed by atoms with Crippen LogP contribution >= 0.6 is 11.6 Å². The summed E-state index contributed by atoms with van der Waals surface area (Å²) in [7, 11) is 0. The van der Waals surface area contributed by atoms with E-state index >= 15 is 0 Å². The van der Waals surface area contributed by atoms with Gasteiger partial charge in [0.1, 0.15) is 23.8 Å². The second-order valence-electron chi connectivity index (χ2n) is 6.83. The zero-order valence-corrected chi connectivity index (χ0v) is 17.6. The first-order valence-corrected chi connectivity index (χ1v) is 10.1. The van der Waals surface area contributed by atoms with Crippen LogP contribution in [0.5, 0.6) is 11.5 Å². The van der Waals surface area contributed by atoms with Crippen LogP contribution in [0.1, 0.15) is 21.6 Å². The highest BCUT2D eigenvalue weighted by Crippen LogP contribution is 2.23. The molecule has 160 valence electrons. The van der Waals surface area contributed by atoms with Crippen molar-refractivity contribution in [3.8, 4) is 22.8 Å². The van der Waals surface area contributed by atoms with E-state index in [2.05, 4.69) is 20.7 Å². The molecule has 0 saturated heterocycles. The van der Waals surface area contributed by atoms with Gasteiger partial charge in [-0.1, -0.05) is 41.9 Å². The number of carbonyl (C=O) groups excluding carboxylic acids is 1. The molecule has 1 heterocycles. The zero-order chi connectivity index (χ0) is 22.3. The highest BCUT2D eigenvalue weighted by atomic mass is 35.5. The Labute approximate surface area is 189 Å². The fraction of sp³-hybridized carbons (Fsp3) is 0.0417. The molecule has 0 unspecified atom stereocenters. The number of benzene rings is 3. The van der Waals surface area contributed by atoms with Crippen LogP contribution in [0.4, 0.5) is 0 Å². The molecule has 0 atom stereocenters. The van der Waals surface area contributed by atoms with Crippen LogP contribution in [0, 0.1) is 0 Å². The topological polar surface area (TPSA) is 99.6 Å². The molecule has 0 saturated carbocycles. The minimum absolute atomic E-state index is 0.0774. The summed E-state index contributed by atoms with van der Waals surface area (Å²) in [6, 6.07) is 23.2. The van der Waals surface area contributed by atoms with E-state index in [1.807, 2.05) is 48.5 Å². The predicted molar refractivity (Wildman–Crippen MR) is 123 cm³/mol. The minimum atomic E-state index is -0.449. The quantitative estimate of drug-likeness (QED) is 0.281. The van der Waals surface area contributed by atoms with Crippen LogP contribution in [0.25, 0.3) is 11.3 Å². The summed E-state index contributed by atoms with van der Waals surface area (Å²) in [5, 5.41) is 21.1. The first-order chi connectivity index (χ1) is 15.6. The van der Waals surface area contributed by atoms with Crippen molar-refractivity contribution in [2.45, 2.75) is 6.61 Å². The average molecular weight is 447 g/mol. The number of hydrazone groups is 1. The number of rotatable bonds is 7. The molecular formula is C24H19ClN4O3. The highest BCUT2D eigenvalue weighted by molar-refractivity contribution is 6.31. The Balaban J connectivity index is 1.36. The fourth-order valence-electron chi connectivity index (χ4n) is 2.90. The lowest BCUT2D eigenvalue weighted by Crippen LogP contribution is -2.18. The van der Waals surface area contributed by atoms with Crippen LogP contribution in [0.2, 0.25) is 5.02 Å². The number of halogens is 1. The summed E-state index contributed by atoms with van der Waals surface area (Å²) < 4.78 is 5.79. The first-order valence-electron chi connectivity index (χ1n) is 9.73. The monoisotopic (exact) mass is 446 g/mol. The van der Waals surface area contributed by atoms with E-state index in [1.165, 1.54) is 12.3 Å². The first kappa shape index (κ1) is 21.1. The molecular weight excluding hydrogens is 428 g/mol. The number of hydrogen-bond acceptors (Lipinski definition) is 5. The molecule has 1 aromatic heterocycles. The molecule has 0 fully saturated rings. The van der Waals surface area contributed by atoms with E-state index in [1.54, 1.807) is 24.3 Å². The molecule has 32 heavy (non-hydrogen) atoms. The number of aromatic hydroxyl groups is 1. The standard InChI is InChI=1S/C24H19ClN4O3/c25-20-7-3-1-6-18(20)15-32-19-11-9-16(10-12-19)21-13-22(28-27-21)24(31)29-26-14-17-5-2-4-8-23(17)30/h1-14,30H,15H2,(H,27,28)(H,29,31). The van der Waals surface area contributed by atoms with Gasteiger partial charge < -0.3 is 9.84 Å². The molecule has 0 spiro atoms. The Hall–Kier alpha value is -4.10. The molecule has 0 aliphatic carbocycles. The van der Waals surface area contributed by atoms with Gasteiger partial charge >= 0.3 is 0 Å². The molecule has 0 aliphatic rings. The number of nitrogens with one attached hydrogen (secondary N) is 2. The van der Waals surface area contributed by atoms with E-state index < -0.39 is 5.91 Å². The summed E-state index contributed by atoms with van der Waals surface area (Å²) in [4.78, 5) is 12.3. The van der Waals surface area contributed by atoms with Crippen molar-refractivity contribution in [2.75, 3.05) is 0 Å². The SMILES string of the molecule is O=C(NN=Cc1ccccc1O)c1cc(-c2ccc(OCc3ccccc3Cl)cc2)n[nH]1. The number of hydrogen-bond donors (Lipinski definition) is 3.